The Kier molecular flexibility index (Phi) is 3.25. The van der Waals surface area contributed by atoms with Crippen LogP contribution >= 0.6 is 0 Å². The molecular weight excluding hydrogens is 230 g/mol. The molecule has 1 aromatic heterocycles. The fourth-order valence-electron chi connectivity index (χ4n) is 1.83. The SMILES string of the molecule is Cc1nonc1CNC1CCCS(=O)(=O)C1. The smallest absolute Gasteiger partial charge is 0.151 e. The molecule has 6 nitrogen and oxygen atoms in total. The molecule has 0 spiro atoms. The molecule has 0 aliphatic carbocycles. The van der Waals surface area contributed by atoms with Crippen LogP contribution in [0.4, 0.5) is 0 Å². The van der Waals surface area contributed by atoms with E-state index in [9.17, 15) is 8.42 Å². The number of nitrogens with zero attached hydrogens (tertiary/aromatic N) is 2. The van der Waals surface area contributed by atoms with Gasteiger partial charge in [-0.25, -0.2) is 13.0 Å². The van der Waals surface area contributed by atoms with Crippen LogP contribution in [0.3, 0.4) is 0 Å². The molecule has 0 radical (unpaired) electrons. The maximum absolute atomic E-state index is 11.4. The van der Waals surface area contributed by atoms with Crippen LogP contribution in [0, 0.1) is 6.92 Å². The fraction of sp³-hybridized carbons (Fsp3) is 0.778. The van der Waals surface area contributed by atoms with Gasteiger partial charge in [0.2, 0.25) is 0 Å². The van der Waals surface area contributed by atoms with Gasteiger partial charge in [-0.05, 0) is 19.8 Å². The van der Waals surface area contributed by atoms with E-state index in [0.717, 1.165) is 24.2 Å². The fourth-order valence-corrected chi connectivity index (χ4v) is 3.51. The first-order valence-electron chi connectivity index (χ1n) is 5.29. The van der Waals surface area contributed by atoms with Crippen molar-refractivity contribution in [1.82, 2.24) is 15.6 Å². The van der Waals surface area contributed by atoms with Crippen LogP contribution in [0.25, 0.3) is 0 Å². The summed E-state index contributed by atoms with van der Waals surface area (Å²) in [5, 5.41) is 10.6. The first-order chi connectivity index (χ1) is 7.57. The minimum absolute atomic E-state index is 0.0230. The Morgan fingerprint density at radius 2 is 2.31 bits per heavy atom. The molecule has 7 heteroatoms. The summed E-state index contributed by atoms with van der Waals surface area (Å²) in [6.07, 6.45) is 1.62. The van der Waals surface area contributed by atoms with Crippen LogP contribution < -0.4 is 5.32 Å². The van der Waals surface area contributed by atoms with Gasteiger partial charge in [-0.2, -0.15) is 0 Å². The molecule has 1 aliphatic heterocycles. The Labute approximate surface area is 94.3 Å². The third-order valence-electron chi connectivity index (χ3n) is 2.77. The Bertz CT molecular complexity index is 454. The Morgan fingerprint density at radius 3 is 2.94 bits per heavy atom. The second-order valence-electron chi connectivity index (χ2n) is 4.13. The van der Waals surface area contributed by atoms with Crippen LogP contribution in [0.5, 0.6) is 0 Å². The van der Waals surface area contributed by atoms with E-state index in [2.05, 4.69) is 20.3 Å². The van der Waals surface area contributed by atoms with Gasteiger partial charge in [0, 0.05) is 12.6 Å². The molecule has 1 saturated heterocycles. The summed E-state index contributed by atoms with van der Waals surface area (Å²) in [7, 11) is -2.86. The van der Waals surface area contributed by atoms with Crippen molar-refractivity contribution >= 4 is 9.84 Å². The molecule has 1 unspecified atom stereocenters. The summed E-state index contributed by atoms with van der Waals surface area (Å²) in [5.41, 5.74) is 1.48. The lowest BCUT2D eigenvalue weighted by atomic mass is 10.2. The van der Waals surface area contributed by atoms with Gasteiger partial charge in [-0.3, -0.25) is 0 Å². The monoisotopic (exact) mass is 245 g/mol. The standard InChI is InChI=1S/C9H15N3O3S/c1-7-9(12-15-11-7)5-10-8-3-2-4-16(13,14)6-8/h8,10H,2-6H2,1H3. The van der Waals surface area contributed by atoms with Crippen LogP contribution in [-0.2, 0) is 16.4 Å². The highest BCUT2D eigenvalue weighted by atomic mass is 32.2. The van der Waals surface area contributed by atoms with E-state index in [0.29, 0.717) is 12.3 Å². The summed E-state index contributed by atoms with van der Waals surface area (Å²) in [6, 6.07) is 0.0230. The van der Waals surface area contributed by atoms with Crippen LogP contribution in [0.15, 0.2) is 4.63 Å². The predicted molar refractivity (Wildman–Crippen MR) is 57.6 cm³/mol. The number of rotatable bonds is 3. The highest BCUT2D eigenvalue weighted by Crippen LogP contribution is 2.12. The summed E-state index contributed by atoms with van der Waals surface area (Å²) < 4.78 is 27.4. The predicted octanol–water partition coefficient (Wildman–Crippen LogP) is 0.0448. The van der Waals surface area contributed by atoms with Crippen molar-refractivity contribution in [2.45, 2.75) is 32.4 Å². The number of aromatic nitrogens is 2. The number of sulfone groups is 1. The molecule has 2 heterocycles. The average molecular weight is 245 g/mol. The van der Waals surface area contributed by atoms with Crippen molar-refractivity contribution in [3.63, 3.8) is 0 Å². The lowest BCUT2D eigenvalue weighted by molar-refractivity contribution is 0.299. The van der Waals surface area contributed by atoms with Crippen molar-refractivity contribution in [3.05, 3.63) is 11.4 Å². The van der Waals surface area contributed by atoms with E-state index >= 15 is 0 Å². The van der Waals surface area contributed by atoms with E-state index < -0.39 is 9.84 Å². The highest BCUT2D eigenvalue weighted by molar-refractivity contribution is 7.91. The number of hydrogen-bond donors (Lipinski definition) is 1. The largest absolute Gasteiger partial charge is 0.307 e. The average Bonchev–Trinajstić information content (AvgIpc) is 2.60. The van der Waals surface area contributed by atoms with Crippen LogP contribution in [0.1, 0.15) is 24.2 Å². The minimum atomic E-state index is -2.86. The topological polar surface area (TPSA) is 85.1 Å². The normalized spacial score (nSPS) is 24.4. The van der Waals surface area contributed by atoms with Gasteiger partial charge in [-0.1, -0.05) is 10.3 Å². The summed E-state index contributed by atoms with van der Waals surface area (Å²) >= 11 is 0. The van der Waals surface area contributed by atoms with E-state index in [1.54, 1.807) is 0 Å². The van der Waals surface area contributed by atoms with E-state index in [1.165, 1.54) is 0 Å². The van der Waals surface area contributed by atoms with Gasteiger partial charge >= 0.3 is 0 Å². The molecule has 1 fully saturated rings. The highest BCUT2D eigenvalue weighted by Gasteiger charge is 2.24. The minimum Gasteiger partial charge on any atom is -0.307 e. The zero-order valence-electron chi connectivity index (χ0n) is 9.14. The third kappa shape index (κ3) is 2.79. The van der Waals surface area contributed by atoms with Gasteiger partial charge in [0.25, 0.3) is 0 Å². The van der Waals surface area contributed by atoms with Crippen LogP contribution in [-0.4, -0.2) is 36.3 Å². The third-order valence-corrected chi connectivity index (χ3v) is 4.59. The molecular formula is C9H15N3O3S. The molecule has 1 N–H and O–H groups in total. The number of nitrogens with one attached hydrogen (secondary N) is 1. The van der Waals surface area contributed by atoms with Crippen molar-refractivity contribution in [2.75, 3.05) is 11.5 Å². The molecule has 90 valence electrons. The van der Waals surface area contributed by atoms with Gasteiger partial charge in [0.15, 0.2) is 9.84 Å². The Morgan fingerprint density at radius 1 is 1.50 bits per heavy atom. The van der Waals surface area contributed by atoms with Crippen molar-refractivity contribution in [1.29, 1.82) is 0 Å². The van der Waals surface area contributed by atoms with Crippen molar-refractivity contribution in [2.24, 2.45) is 0 Å². The van der Waals surface area contributed by atoms with E-state index in [4.69, 9.17) is 0 Å². The lowest BCUT2D eigenvalue weighted by Crippen LogP contribution is -2.39. The lowest BCUT2D eigenvalue weighted by Gasteiger charge is -2.22. The van der Waals surface area contributed by atoms with Gasteiger partial charge in [0.05, 0.1) is 11.5 Å². The summed E-state index contributed by atoms with van der Waals surface area (Å²) in [4.78, 5) is 0. The van der Waals surface area contributed by atoms with Crippen LogP contribution in [0.2, 0.25) is 0 Å². The molecule has 0 saturated carbocycles. The molecule has 1 atom stereocenters. The molecule has 1 aromatic rings. The van der Waals surface area contributed by atoms with Gasteiger partial charge < -0.3 is 5.32 Å². The van der Waals surface area contributed by atoms with Crippen molar-refractivity contribution < 1.29 is 13.0 Å². The first-order valence-corrected chi connectivity index (χ1v) is 7.11. The van der Waals surface area contributed by atoms with E-state index in [-0.39, 0.29) is 11.8 Å². The molecule has 16 heavy (non-hydrogen) atoms. The maximum atomic E-state index is 11.4. The number of aryl methyl sites for hydroxylation is 1. The zero-order chi connectivity index (χ0) is 11.6. The quantitative estimate of drug-likeness (QED) is 0.809. The Balaban J connectivity index is 1.89. The first kappa shape index (κ1) is 11.5. The second kappa shape index (κ2) is 4.50. The second-order valence-corrected chi connectivity index (χ2v) is 6.36. The maximum Gasteiger partial charge on any atom is 0.151 e. The molecule has 1 aliphatic rings. The zero-order valence-corrected chi connectivity index (χ0v) is 9.96. The molecule has 0 amide bonds. The summed E-state index contributed by atoms with van der Waals surface area (Å²) in [5.74, 6) is 0.535. The van der Waals surface area contributed by atoms with Gasteiger partial charge in [-0.15, -0.1) is 0 Å². The van der Waals surface area contributed by atoms with Crippen molar-refractivity contribution in [3.8, 4) is 0 Å². The van der Waals surface area contributed by atoms with E-state index in [1.807, 2.05) is 6.92 Å². The Hall–Kier alpha value is -0.950. The summed E-state index contributed by atoms with van der Waals surface area (Å²) in [6.45, 7) is 2.32. The van der Waals surface area contributed by atoms with Gasteiger partial charge in [0.1, 0.15) is 11.4 Å². The molecule has 0 aromatic carbocycles. The molecule has 2 rings (SSSR count). The molecule has 0 bridgehead atoms. The number of hydrogen-bond acceptors (Lipinski definition) is 6.